The lowest BCUT2D eigenvalue weighted by Gasteiger charge is -2.10. The molecule has 0 saturated heterocycles. The van der Waals surface area contributed by atoms with E-state index in [0.717, 1.165) is 6.54 Å². The highest BCUT2D eigenvalue weighted by molar-refractivity contribution is 14.1. The predicted octanol–water partition coefficient (Wildman–Crippen LogP) is 5.03. The molecule has 0 atom stereocenters. The molecule has 2 rings (SSSR count). The van der Waals surface area contributed by atoms with Crippen LogP contribution in [-0.4, -0.2) is 0 Å². The maximum Gasteiger partial charge on any atom is 0.0478 e. The maximum atomic E-state index is 3.47. The van der Waals surface area contributed by atoms with Crippen molar-refractivity contribution in [2.75, 3.05) is 5.32 Å². The topological polar surface area (TPSA) is 12.0 Å². The molecule has 0 radical (unpaired) electrons. The van der Waals surface area contributed by atoms with Gasteiger partial charge in [-0.05, 0) is 51.8 Å². The van der Waals surface area contributed by atoms with Crippen molar-refractivity contribution in [1.82, 2.24) is 0 Å². The van der Waals surface area contributed by atoms with Crippen molar-refractivity contribution in [1.29, 1.82) is 0 Å². The lowest BCUT2D eigenvalue weighted by molar-refractivity contribution is 0.865. The molecule has 0 aliphatic rings. The second-order valence-corrected chi connectivity index (χ2v) is 5.89. The summed E-state index contributed by atoms with van der Waals surface area (Å²) in [5, 5.41) is 3.47. The van der Waals surface area contributed by atoms with Gasteiger partial charge in [0.05, 0.1) is 0 Å². The second kappa shape index (κ2) is 6.23. The van der Waals surface area contributed by atoms with Gasteiger partial charge >= 0.3 is 0 Å². The van der Waals surface area contributed by atoms with E-state index in [-0.39, 0.29) is 0 Å². The lowest BCUT2D eigenvalue weighted by atomic mass is 10.0. The molecule has 0 saturated carbocycles. The van der Waals surface area contributed by atoms with E-state index in [9.17, 15) is 0 Å². The molecule has 0 spiro atoms. The van der Waals surface area contributed by atoms with E-state index in [2.05, 4.69) is 90.3 Å². The number of rotatable bonds is 4. The first-order valence-electron chi connectivity index (χ1n) is 6.24. The Morgan fingerprint density at radius 2 is 1.67 bits per heavy atom. The third kappa shape index (κ3) is 3.48. The van der Waals surface area contributed by atoms with E-state index in [4.69, 9.17) is 0 Å². The first-order chi connectivity index (χ1) is 8.66. The van der Waals surface area contributed by atoms with Crippen LogP contribution in [0, 0.1) is 3.57 Å². The molecule has 0 fully saturated rings. The maximum absolute atomic E-state index is 3.47. The zero-order chi connectivity index (χ0) is 13.0. The molecule has 0 amide bonds. The highest BCUT2D eigenvalue weighted by atomic mass is 127. The van der Waals surface area contributed by atoms with Crippen LogP contribution in [0.2, 0.25) is 0 Å². The van der Waals surface area contributed by atoms with E-state index in [0.29, 0.717) is 5.92 Å². The Morgan fingerprint density at radius 3 is 2.28 bits per heavy atom. The normalized spacial score (nSPS) is 10.7. The zero-order valence-corrected chi connectivity index (χ0v) is 12.9. The molecule has 2 aromatic rings. The van der Waals surface area contributed by atoms with Gasteiger partial charge in [-0.3, -0.25) is 0 Å². The Kier molecular flexibility index (Phi) is 4.64. The fraction of sp³-hybridized carbons (Fsp3) is 0.250. The van der Waals surface area contributed by atoms with Crippen LogP contribution in [-0.2, 0) is 6.54 Å². The van der Waals surface area contributed by atoms with Crippen LogP contribution in [0.1, 0.15) is 30.9 Å². The van der Waals surface area contributed by atoms with E-state index in [1.807, 2.05) is 0 Å². The van der Waals surface area contributed by atoms with Crippen LogP contribution in [0.3, 0.4) is 0 Å². The molecular weight excluding hydrogens is 333 g/mol. The minimum atomic E-state index is 0.599. The summed E-state index contributed by atoms with van der Waals surface area (Å²) in [7, 11) is 0. The van der Waals surface area contributed by atoms with E-state index in [1.54, 1.807) is 0 Å². The fourth-order valence-corrected chi connectivity index (χ4v) is 2.40. The molecule has 2 aromatic carbocycles. The van der Waals surface area contributed by atoms with Crippen molar-refractivity contribution in [3.63, 3.8) is 0 Å². The number of halogens is 1. The van der Waals surface area contributed by atoms with Gasteiger partial charge in [0.15, 0.2) is 0 Å². The molecular formula is C16H18IN. The first-order valence-corrected chi connectivity index (χ1v) is 7.32. The molecule has 1 N–H and O–H groups in total. The van der Waals surface area contributed by atoms with Crippen molar-refractivity contribution in [3.05, 3.63) is 63.2 Å². The third-order valence-electron chi connectivity index (χ3n) is 3.00. The smallest absolute Gasteiger partial charge is 0.0478 e. The van der Waals surface area contributed by atoms with Gasteiger partial charge in [0.2, 0.25) is 0 Å². The Bertz CT molecular complexity index is 503. The Labute approximate surface area is 123 Å². The van der Waals surface area contributed by atoms with Crippen LogP contribution in [0.5, 0.6) is 0 Å². The summed E-state index contributed by atoms with van der Waals surface area (Å²) in [4.78, 5) is 0. The van der Waals surface area contributed by atoms with Crippen molar-refractivity contribution < 1.29 is 0 Å². The summed E-state index contributed by atoms with van der Waals surface area (Å²) in [5.74, 6) is 0.599. The summed E-state index contributed by atoms with van der Waals surface area (Å²) in [6.45, 7) is 5.32. The number of benzene rings is 2. The van der Waals surface area contributed by atoms with Crippen molar-refractivity contribution in [2.45, 2.75) is 26.3 Å². The van der Waals surface area contributed by atoms with Gasteiger partial charge in [0.25, 0.3) is 0 Å². The van der Waals surface area contributed by atoms with Crippen molar-refractivity contribution >= 4 is 28.3 Å². The van der Waals surface area contributed by atoms with Gasteiger partial charge in [0.1, 0.15) is 0 Å². The van der Waals surface area contributed by atoms with Crippen LogP contribution in [0.15, 0.2) is 48.5 Å². The number of nitrogens with one attached hydrogen (secondary N) is 1. The van der Waals surface area contributed by atoms with Crippen LogP contribution in [0.25, 0.3) is 0 Å². The third-order valence-corrected chi connectivity index (χ3v) is 3.94. The molecule has 18 heavy (non-hydrogen) atoms. The number of para-hydroxylation sites is 1. The number of hydrogen-bond donors (Lipinski definition) is 1. The van der Waals surface area contributed by atoms with Crippen LogP contribution < -0.4 is 5.32 Å². The monoisotopic (exact) mass is 351 g/mol. The summed E-state index contributed by atoms with van der Waals surface area (Å²) in [6, 6.07) is 17.2. The molecule has 0 unspecified atom stereocenters. The second-order valence-electron chi connectivity index (χ2n) is 4.73. The quantitative estimate of drug-likeness (QED) is 0.762. The summed E-state index contributed by atoms with van der Waals surface area (Å²) in [6.07, 6.45) is 0. The van der Waals surface area contributed by atoms with E-state index >= 15 is 0 Å². The average molecular weight is 351 g/mol. The summed E-state index contributed by atoms with van der Waals surface area (Å²) < 4.78 is 1.26. The molecule has 2 heteroatoms. The van der Waals surface area contributed by atoms with Crippen molar-refractivity contribution in [2.24, 2.45) is 0 Å². The highest BCUT2D eigenvalue weighted by Gasteiger charge is 2.00. The minimum Gasteiger partial charge on any atom is -0.380 e. The van der Waals surface area contributed by atoms with Gasteiger partial charge in [-0.2, -0.15) is 0 Å². The first kappa shape index (κ1) is 13.4. The highest BCUT2D eigenvalue weighted by Crippen LogP contribution is 2.19. The minimum absolute atomic E-state index is 0.599. The van der Waals surface area contributed by atoms with Crippen molar-refractivity contribution in [3.8, 4) is 0 Å². The summed E-state index contributed by atoms with van der Waals surface area (Å²) >= 11 is 2.35. The zero-order valence-electron chi connectivity index (χ0n) is 10.8. The van der Waals surface area contributed by atoms with Gasteiger partial charge in [-0.1, -0.05) is 50.2 Å². The Morgan fingerprint density at radius 1 is 1.00 bits per heavy atom. The predicted molar refractivity (Wildman–Crippen MR) is 87.0 cm³/mol. The molecule has 0 aromatic heterocycles. The van der Waals surface area contributed by atoms with Crippen LogP contribution in [0.4, 0.5) is 5.69 Å². The van der Waals surface area contributed by atoms with E-state index in [1.165, 1.54) is 20.4 Å². The molecule has 0 bridgehead atoms. The number of hydrogen-bond acceptors (Lipinski definition) is 1. The average Bonchev–Trinajstić information content (AvgIpc) is 2.38. The molecule has 0 heterocycles. The largest absolute Gasteiger partial charge is 0.380 e. The Hall–Kier alpha value is -1.03. The SMILES string of the molecule is CC(C)c1ccc(CNc2ccccc2I)cc1. The number of anilines is 1. The molecule has 0 aliphatic carbocycles. The van der Waals surface area contributed by atoms with E-state index < -0.39 is 0 Å². The van der Waals surface area contributed by atoms with Crippen LogP contribution >= 0.6 is 22.6 Å². The molecule has 94 valence electrons. The molecule has 0 aliphatic heterocycles. The summed E-state index contributed by atoms with van der Waals surface area (Å²) in [5.41, 5.74) is 3.91. The fourth-order valence-electron chi connectivity index (χ4n) is 1.82. The van der Waals surface area contributed by atoms with Gasteiger partial charge in [-0.25, -0.2) is 0 Å². The lowest BCUT2D eigenvalue weighted by Crippen LogP contribution is -2.01. The molecule has 1 nitrogen and oxygen atoms in total. The van der Waals surface area contributed by atoms with Gasteiger partial charge in [-0.15, -0.1) is 0 Å². The van der Waals surface area contributed by atoms with Gasteiger partial charge in [0, 0.05) is 15.8 Å². The standard InChI is InChI=1S/C16H18IN/c1-12(2)14-9-7-13(8-10-14)11-18-16-6-4-3-5-15(16)17/h3-10,12,18H,11H2,1-2H3. The Balaban J connectivity index is 2.00. The van der Waals surface area contributed by atoms with Gasteiger partial charge < -0.3 is 5.32 Å².